The molecule has 160 valence electrons. The molecule has 6 nitrogen and oxygen atoms in total. The van der Waals surface area contributed by atoms with Gasteiger partial charge in [-0.15, -0.1) is 0 Å². The molecule has 7 heteroatoms. The highest BCUT2D eigenvalue weighted by Crippen LogP contribution is 2.32. The van der Waals surface area contributed by atoms with Crippen molar-refractivity contribution in [2.24, 2.45) is 5.92 Å². The predicted molar refractivity (Wildman–Crippen MR) is 120 cm³/mol. The van der Waals surface area contributed by atoms with E-state index in [2.05, 4.69) is 12.2 Å². The van der Waals surface area contributed by atoms with Gasteiger partial charge in [-0.3, -0.25) is 9.78 Å². The molecule has 1 heterocycles. The summed E-state index contributed by atoms with van der Waals surface area (Å²) in [6, 6.07) is 12.4. The van der Waals surface area contributed by atoms with Crippen LogP contribution in [0.25, 0.3) is 10.9 Å². The number of amides is 1. The standard InChI is InChI=1S/C24H23ClN2O4/c1-14-7-9-19-17(11-14)23(16-5-3-4-6-18(16)26-19)24(29)31-13-22(28)27-20-12-15(25)8-10-21(20)30-2/h3-6,8,10,12,14H,7,9,11,13H2,1-2H3,(H,27,28)/t14-/m1/s1. The van der Waals surface area contributed by atoms with Crippen LogP contribution in [-0.2, 0) is 22.4 Å². The second kappa shape index (κ2) is 8.94. The van der Waals surface area contributed by atoms with Crippen molar-refractivity contribution in [1.82, 2.24) is 4.98 Å². The number of para-hydroxylation sites is 1. The number of ether oxygens (including phenoxy) is 2. The number of aryl methyl sites for hydroxylation is 1. The molecule has 0 saturated carbocycles. The van der Waals surface area contributed by atoms with Crippen molar-refractivity contribution in [1.29, 1.82) is 0 Å². The van der Waals surface area contributed by atoms with Gasteiger partial charge in [0.15, 0.2) is 6.61 Å². The predicted octanol–water partition coefficient (Wildman–Crippen LogP) is 4.82. The highest BCUT2D eigenvalue weighted by atomic mass is 35.5. The van der Waals surface area contributed by atoms with Crippen molar-refractivity contribution in [3.8, 4) is 5.75 Å². The van der Waals surface area contributed by atoms with Crippen molar-refractivity contribution in [3.05, 3.63) is 64.3 Å². The van der Waals surface area contributed by atoms with Crippen molar-refractivity contribution in [2.45, 2.75) is 26.2 Å². The molecule has 0 unspecified atom stereocenters. The van der Waals surface area contributed by atoms with Crippen LogP contribution >= 0.6 is 11.6 Å². The summed E-state index contributed by atoms with van der Waals surface area (Å²) in [5.74, 6) is -0.0699. The molecule has 0 aliphatic heterocycles. The first-order valence-corrected chi connectivity index (χ1v) is 10.5. The zero-order chi connectivity index (χ0) is 22.0. The number of esters is 1. The fourth-order valence-corrected chi connectivity index (χ4v) is 4.14. The van der Waals surface area contributed by atoms with E-state index in [-0.39, 0.29) is 0 Å². The Morgan fingerprint density at radius 1 is 1.23 bits per heavy atom. The third-order valence-electron chi connectivity index (χ3n) is 5.48. The largest absolute Gasteiger partial charge is 0.495 e. The number of aromatic nitrogens is 1. The summed E-state index contributed by atoms with van der Waals surface area (Å²) >= 11 is 6.00. The molecule has 31 heavy (non-hydrogen) atoms. The highest BCUT2D eigenvalue weighted by Gasteiger charge is 2.26. The molecule has 1 atom stereocenters. The van der Waals surface area contributed by atoms with Gasteiger partial charge in [-0.05, 0) is 55.0 Å². The fraction of sp³-hybridized carbons (Fsp3) is 0.292. The monoisotopic (exact) mass is 438 g/mol. The summed E-state index contributed by atoms with van der Waals surface area (Å²) in [6.07, 6.45) is 2.64. The van der Waals surface area contributed by atoms with Gasteiger partial charge < -0.3 is 14.8 Å². The van der Waals surface area contributed by atoms with E-state index in [1.807, 2.05) is 24.3 Å². The third-order valence-corrected chi connectivity index (χ3v) is 5.71. The molecular weight excluding hydrogens is 416 g/mol. The van der Waals surface area contributed by atoms with Crippen LogP contribution in [0.4, 0.5) is 5.69 Å². The van der Waals surface area contributed by atoms with Gasteiger partial charge in [0.1, 0.15) is 5.75 Å². The average Bonchev–Trinajstić information content (AvgIpc) is 2.76. The zero-order valence-corrected chi connectivity index (χ0v) is 18.2. The molecule has 0 saturated heterocycles. The number of pyridine rings is 1. The van der Waals surface area contributed by atoms with E-state index in [1.165, 1.54) is 7.11 Å². The number of carbonyl (C=O) groups excluding carboxylic acids is 2. The Bertz CT molecular complexity index is 1160. The van der Waals surface area contributed by atoms with Gasteiger partial charge in [0, 0.05) is 16.1 Å². The number of anilines is 1. The van der Waals surface area contributed by atoms with Crippen LogP contribution in [0.3, 0.4) is 0 Å². The minimum atomic E-state index is -0.517. The molecule has 1 aromatic heterocycles. The quantitative estimate of drug-likeness (QED) is 0.578. The number of halogens is 1. The molecule has 1 N–H and O–H groups in total. The van der Waals surface area contributed by atoms with Crippen molar-refractivity contribution < 1.29 is 19.1 Å². The first-order valence-electron chi connectivity index (χ1n) is 10.2. The third kappa shape index (κ3) is 4.49. The van der Waals surface area contributed by atoms with E-state index >= 15 is 0 Å². The molecule has 1 aliphatic carbocycles. The number of nitrogens with one attached hydrogen (secondary N) is 1. The van der Waals surface area contributed by atoms with E-state index in [4.69, 9.17) is 26.1 Å². The van der Waals surface area contributed by atoms with Crippen LogP contribution in [0.5, 0.6) is 5.75 Å². The lowest BCUT2D eigenvalue weighted by Gasteiger charge is -2.24. The van der Waals surface area contributed by atoms with Crippen molar-refractivity contribution >= 4 is 40.1 Å². The minimum absolute atomic E-state index is 0.414. The lowest BCUT2D eigenvalue weighted by Crippen LogP contribution is -2.23. The number of fused-ring (bicyclic) bond motifs is 2. The smallest absolute Gasteiger partial charge is 0.339 e. The van der Waals surface area contributed by atoms with Crippen LogP contribution in [0.1, 0.15) is 35.0 Å². The number of hydrogen-bond donors (Lipinski definition) is 1. The van der Waals surface area contributed by atoms with E-state index < -0.39 is 18.5 Å². The van der Waals surface area contributed by atoms with Crippen LogP contribution < -0.4 is 10.1 Å². The van der Waals surface area contributed by atoms with E-state index in [1.54, 1.807) is 18.2 Å². The zero-order valence-electron chi connectivity index (χ0n) is 17.4. The minimum Gasteiger partial charge on any atom is -0.495 e. The second-order valence-corrected chi connectivity index (χ2v) is 8.18. The molecule has 3 aromatic rings. The maximum absolute atomic E-state index is 13.1. The van der Waals surface area contributed by atoms with Crippen LogP contribution in [0.15, 0.2) is 42.5 Å². The molecule has 4 rings (SSSR count). The number of rotatable bonds is 5. The van der Waals surface area contributed by atoms with Crippen LogP contribution in [-0.4, -0.2) is 30.6 Å². The second-order valence-electron chi connectivity index (χ2n) is 7.75. The molecule has 1 aliphatic rings. The SMILES string of the molecule is COc1ccc(Cl)cc1NC(=O)COC(=O)c1c2c(nc3ccccc13)CC[C@@H](C)C2. The maximum atomic E-state index is 13.1. The molecule has 1 amide bonds. The number of benzene rings is 2. The van der Waals surface area contributed by atoms with E-state index in [0.29, 0.717) is 27.9 Å². The molecule has 0 bridgehead atoms. The van der Waals surface area contributed by atoms with Gasteiger partial charge in [-0.2, -0.15) is 0 Å². The Morgan fingerprint density at radius 3 is 2.84 bits per heavy atom. The molecule has 0 radical (unpaired) electrons. The van der Waals surface area contributed by atoms with Crippen LogP contribution in [0, 0.1) is 5.92 Å². The number of methoxy groups -OCH3 is 1. The topological polar surface area (TPSA) is 77.5 Å². The summed E-state index contributed by atoms with van der Waals surface area (Å²) in [5.41, 5.74) is 3.56. The molecular formula is C24H23ClN2O4. The number of nitrogens with zero attached hydrogens (tertiary/aromatic N) is 1. The lowest BCUT2D eigenvalue weighted by molar-refractivity contribution is -0.119. The highest BCUT2D eigenvalue weighted by molar-refractivity contribution is 6.31. The van der Waals surface area contributed by atoms with E-state index in [9.17, 15) is 9.59 Å². The normalized spacial score (nSPS) is 15.3. The van der Waals surface area contributed by atoms with Gasteiger partial charge in [0.25, 0.3) is 5.91 Å². The van der Waals surface area contributed by atoms with Gasteiger partial charge in [0.2, 0.25) is 0 Å². The van der Waals surface area contributed by atoms with Gasteiger partial charge in [-0.1, -0.05) is 36.7 Å². The van der Waals surface area contributed by atoms with E-state index in [0.717, 1.165) is 41.4 Å². The number of carbonyl (C=O) groups is 2. The number of hydrogen-bond acceptors (Lipinski definition) is 5. The average molecular weight is 439 g/mol. The Morgan fingerprint density at radius 2 is 2.03 bits per heavy atom. The molecule has 0 spiro atoms. The van der Waals surface area contributed by atoms with Gasteiger partial charge in [0.05, 0.1) is 23.9 Å². The summed E-state index contributed by atoms with van der Waals surface area (Å²) < 4.78 is 10.7. The van der Waals surface area contributed by atoms with Gasteiger partial charge >= 0.3 is 5.97 Å². The van der Waals surface area contributed by atoms with Crippen molar-refractivity contribution in [2.75, 3.05) is 19.0 Å². The maximum Gasteiger partial charge on any atom is 0.339 e. The molecule has 0 fully saturated rings. The Labute approximate surface area is 185 Å². The van der Waals surface area contributed by atoms with Crippen LogP contribution in [0.2, 0.25) is 5.02 Å². The Hall–Kier alpha value is -3.12. The lowest BCUT2D eigenvalue weighted by atomic mass is 9.84. The molecule has 2 aromatic carbocycles. The Balaban J connectivity index is 1.56. The van der Waals surface area contributed by atoms with Crippen molar-refractivity contribution in [3.63, 3.8) is 0 Å². The Kier molecular flexibility index (Phi) is 6.09. The fourth-order valence-electron chi connectivity index (χ4n) is 3.96. The first-order chi connectivity index (χ1) is 15.0. The first kappa shape index (κ1) is 21.1. The summed E-state index contributed by atoms with van der Waals surface area (Å²) in [6.45, 7) is 1.74. The summed E-state index contributed by atoms with van der Waals surface area (Å²) in [4.78, 5) is 30.3. The summed E-state index contributed by atoms with van der Waals surface area (Å²) in [5, 5.41) is 3.88. The summed E-state index contributed by atoms with van der Waals surface area (Å²) in [7, 11) is 1.50. The van der Waals surface area contributed by atoms with Gasteiger partial charge in [-0.25, -0.2) is 4.79 Å².